The normalized spacial score (nSPS) is 20.8. The topological polar surface area (TPSA) is 123 Å². The van der Waals surface area contributed by atoms with Crippen LogP contribution in [0.1, 0.15) is 23.6 Å². The summed E-state index contributed by atoms with van der Waals surface area (Å²) >= 11 is 0. The zero-order valence-corrected chi connectivity index (χ0v) is 22.2. The average Bonchev–Trinajstić information content (AvgIpc) is 3.44. The average molecular weight is 548 g/mol. The number of amides is 1. The van der Waals surface area contributed by atoms with Crippen LogP contribution in [0.25, 0.3) is 5.76 Å². The molecule has 0 N–H and O–H groups in total. The second-order valence-corrected chi connectivity index (χ2v) is 9.44. The maximum Gasteiger partial charge on any atom is 0.337 e. The van der Waals surface area contributed by atoms with E-state index < -0.39 is 27.8 Å². The number of para-hydroxylation sites is 1. The number of carbonyl (C=O) groups excluding carboxylic acids is 2. The molecule has 3 aromatic rings. The van der Waals surface area contributed by atoms with Crippen molar-refractivity contribution in [2.24, 2.45) is 0 Å². The van der Waals surface area contributed by atoms with Crippen LogP contribution in [0.3, 0.4) is 0 Å². The molecular weight excluding hydrogens is 522 g/mol. The van der Waals surface area contributed by atoms with Gasteiger partial charge >= 0.3 is 5.97 Å². The fourth-order valence-corrected chi connectivity index (χ4v) is 5.82. The molecule has 2 aliphatic heterocycles. The van der Waals surface area contributed by atoms with E-state index in [9.17, 15) is 25.0 Å². The zero-order valence-electron chi connectivity index (χ0n) is 22.2. The van der Waals surface area contributed by atoms with E-state index in [0.29, 0.717) is 16.8 Å². The van der Waals surface area contributed by atoms with E-state index in [1.54, 1.807) is 67.6 Å². The summed E-state index contributed by atoms with van der Waals surface area (Å²) in [7, 11) is 0. The molecule has 0 saturated heterocycles. The second kappa shape index (κ2) is 10.2. The molecule has 0 aromatic heterocycles. The van der Waals surface area contributed by atoms with Crippen molar-refractivity contribution in [2.75, 3.05) is 18.1 Å². The number of ether oxygens (including phenoxy) is 2. The van der Waals surface area contributed by atoms with Crippen LogP contribution in [-0.2, 0) is 30.1 Å². The quantitative estimate of drug-likeness (QED) is 0.123. The van der Waals surface area contributed by atoms with Crippen molar-refractivity contribution in [1.82, 2.24) is 0 Å². The molecule has 3 aromatic carbocycles. The number of carbonyl (C=O) groups is 2. The number of nitriles is 1. The first kappa shape index (κ1) is 27.1. The van der Waals surface area contributed by atoms with E-state index in [1.807, 2.05) is 0 Å². The van der Waals surface area contributed by atoms with Crippen molar-refractivity contribution < 1.29 is 24.0 Å². The zero-order chi connectivity index (χ0) is 29.4. The highest BCUT2D eigenvalue weighted by Gasteiger charge is 2.74. The minimum atomic E-state index is -2.05. The maximum atomic E-state index is 14.9. The van der Waals surface area contributed by atoms with Crippen molar-refractivity contribution in [3.8, 4) is 6.07 Å². The van der Waals surface area contributed by atoms with Crippen molar-refractivity contribution in [3.05, 3.63) is 136 Å². The van der Waals surface area contributed by atoms with Gasteiger partial charge in [-0.2, -0.15) is 5.26 Å². The predicted molar refractivity (Wildman–Crippen MR) is 151 cm³/mol. The van der Waals surface area contributed by atoms with Gasteiger partial charge in [0.1, 0.15) is 11.8 Å². The molecule has 5 rings (SSSR count). The van der Waals surface area contributed by atoms with Crippen LogP contribution in [0.4, 0.5) is 11.4 Å². The Hall–Kier alpha value is -5.49. The summed E-state index contributed by atoms with van der Waals surface area (Å²) in [5, 5.41) is 22.3. The number of nitrogens with zero attached hydrogens (tertiary/aromatic N) is 3. The fraction of sp³-hybridized carbons (Fsp3) is 0.156. The van der Waals surface area contributed by atoms with Crippen LogP contribution in [0.15, 0.2) is 109 Å². The fourth-order valence-electron chi connectivity index (χ4n) is 5.82. The van der Waals surface area contributed by atoms with Crippen molar-refractivity contribution in [3.63, 3.8) is 0 Å². The van der Waals surface area contributed by atoms with Gasteiger partial charge in [-0.15, -0.1) is 6.58 Å². The van der Waals surface area contributed by atoms with Crippen molar-refractivity contribution >= 4 is 29.0 Å². The lowest BCUT2D eigenvalue weighted by molar-refractivity contribution is -0.384. The number of anilines is 1. The van der Waals surface area contributed by atoms with Gasteiger partial charge < -0.3 is 14.4 Å². The molecule has 0 bridgehead atoms. The van der Waals surface area contributed by atoms with Crippen LogP contribution < -0.4 is 4.90 Å². The lowest BCUT2D eigenvalue weighted by Crippen LogP contribution is -2.56. The van der Waals surface area contributed by atoms with Gasteiger partial charge in [0.25, 0.3) is 5.69 Å². The van der Waals surface area contributed by atoms with Gasteiger partial charge in [0, 0.05) is 41.1 Å². The third-order valence-electron chi connectivity index (χ3n) is 7.44. The van der Waals surface area contributed by atoms with E-state index in [2.05, 4.69) is 19.2 Å². The Morgan fingerprint density at radius 1 is 1.12 bits per heavy atom. The minimum absolute atomic E-state index is 0.0123. The number of esters is 1. The van der Waals surface area contributed by atoms with E-state index in [-0.39, 0.29) is 41.3 Å². The van der Waals surface area contributed by atoms with Gasteiger partial charge in [0.05, 0.1) is 22.7 Å². The summed E-state index contributed by atoms with van der Waals surface area (Å²) in [6, 6.07) is 23.3. The Morgan fingerprint density at radius 3 is 2.39 bits per heavy atom. The van der Waals surface area contributed by atoms with Crippen LogP contribution in [0.5, 0.6) is 0 Å². The summed E-state index contributed by atoms with van der Waals surface area (Å²) in [5.74, 6) is -1.30. The molecular formula is C32H25N3O6. The van der Waals surface area contributed by atoms with E-state index in [4.69, 9.17) is 9.47 Å². The molecule has 0 saturated carbocycles. The third-order valence-corrected chi connectivity index (χ3v) is 7.44. The van der Waals surface area contributed by atoms with E-state index in [1.165, 1.54) is 29.2 Å². The van der Waals surface area contributed by atoms with Gasteiger partial charge in [-0.25, -0.2) is 4.79 Å². The summed E-state index contributed by atoms with van der Waals surface area (Å²) in [6.07, 6.45) is 1.56. The number of hydrogen-bond acceptors (Lipinski definition) is 7. The number of non-ortho nitro benzene ring substituents is 1. The molecule has 0 radical (unpaired) electrons. The number of fused-ring (bicyclic) bond motifs is 2. The molecule has 0 aliphatic carbocycles. The molecule has 9 heteroatoms. The van der Waals surface area contributed by atoms with Gasteiger partial charge in [-0.3, -0.25) is 14.9 Å². The highest BCUT2D eigenvalue weighted by molar-refractivity contribution is 6.16. The lowest BCUT2D eigenvalue weighted by Gasteiger charge is -2.42. The highest BCUT2D eigenvalue weighted by atomic mass is 16.6. The molecule has 1 spiro atoms. The Morgan fingerprint density at radius 2 is 1.78 bits per heavy atom. The molecule has 1 amide bonds. The summed E-state index contributed by atoms with van der Waals surface area (Å²) < 4.78 is 12.1. The molecule has 2 heterocycles. The highest BCUT2D eigenvalue weighted by Crippen LogP contribution is 2.66. The van der Waals surface area contributed by atoms with Crippen LogP contribution in [0, 0.1) is 21.4 Å². The number of rotatable bonds is 8. The smallest absolute Gasteiger partial charge is 0.337 e. The largest absolute Gasteiger partial charge is 0.474 e. The van der Waals surface area contributed by atoms with Crippen molar-refractivity contribution in [1.29, 1.82) is 5.26 Å². The Labute approximate surface area is 236 Å². The minimum Gasteiger partial charge on any atom is -0.474 e. The van der Waals surface area contributed by atoms with Gasteiger partial charge in [0.2, 0.25) is 5.91 Å². The Bertz CT molecular complexity index is 1670. The molecule has 9 nitrogen and oxygen atoms in total. The number of hydrogen-bond donors (Lipinski definition) is 0. The molecule has 0 fully saturated rings. The maximum absolute atomic E-state index is 14.9. The first-order valence-electron chi connectivity index (χ1n) is 12.8. The molecule has 2 aliphatic rings. The van der Waals surface area contributed by atoms with Crippen molar-refractivity contribution in [2.45, 2.75) is 17.9 Å². The van der Waals surface area contributed by atoms with Gasteiger partial charge in [0.15, 0.2) is 11.0 Å². The van der Waals surface area contributed by atoms with Crippen LogP contribution in [0.2, 0.25) is 0 Å². The van der Waals surface area contributed by atoms with Crippen LogP contribution in [-0.4, -0.2) is 30.0 Å². The number of nitro groups is 1. The Balaban J connectivity index is 1.96. The summed E-state index contributed by atoms with van der Waals surface area (Å²) in [5.41, 5.74) is -2.84. The standard InChI is InChI=1S/C32H25N3O6/c1-4-19-34-27-14-10-9-13-25(27)31(30(34)37)26(20-33)28(22-11-7-6-8-12-22)41-32(31,21(3)29(36)40-5-2)23-15-17-24(18-16-23)35(38)39/h4,6-18H,1,3,5,19H2,2H3/t31-,32+/m1/s1. The lowest BCUT2D eigenvalue weighted by atomic mass is 9.59. The first-order valence-corrected chi connectivity index (χ1v) is 12.8. The summed E-state index contributed by atoms with van der Waals surface area (Å²) in [6.45, 7) is 9.65. The predicted octanol–water partition coefficient (Wildman–Crippen LogP) is 5.35. The first-order chi connectivity index (χ1) is 19.8. The number of nitro benzene ring substituents is 1. The van der Waals surface area contributed by atoms with Crippen LogP contribution >= 0.6 is 0 Å². The van der Waals surface area contributed by atoms with E-state index >= 15 is 0 Å². The SMILES string of the molecule is C=CCN1C(=O)[C@]2(C(C#N)=C(c3ccccc3)O[C@@]2(C(=C)C(=O)OCC)c2ccc([N+](=O)[O-])cc2)c2ccccc21. The van der Waals surface area contributed by atoms with Gasteiger partial charge in [-0.1, -0.05) is 61.2 Å². The molecule has 2 atom stereocenters. The third kappa shape index (κ3) is 3.68. The number of benzene rings is 3. The van der Waals surface area contributed by atoms with Gasteiger partial charge in [-0.05, 0) is 25.1 Å². The monoisotopic (exact) mass is 547 g/mol. The Kier molecular flexibility index (Phi) is 6.77. The van der Waals surface area contributed by atoms with E-state index in [0.717, 1.165) is 0 Å². The molecule has 204 valence electrons. The molecule has 0 unspecified atom stereocenters. The second-order valence-electron chi connectivity index (χ2n) is 9.44. The summed E-state index contributed by atoms with van der Waals surface area (Å²) in [4.78, 5) is 40.9. The molecule has 41 heavy (non-hydrogen) atoms.